The second kappa shape index (κ2) is 6.46. The molecule has 0 unspecified atom stereocenters. The first kappa shape index (κ1) is 17.7. The molecular weight excluding hydrogens is 331 g/mol. The summed E-state index contributed by atoms with van der Waals surface area (Å²) in [4.78, 5) is 18.7. The van der Waals surface area contributed by atoms with Crippen LogP contribution in [0.25, 0.3) is 11.4 Å². The third kappa shape index (κ3) is 4.93. The predicted molar refractivity (Wildman–Crippen MR) is 73.9 cm³/mol. The summed E-state index contributed by atoms with van der Waals surface area (Å²) in [7, 11) is 0. The zero-order chi connectivity index (χ0) is 18.0. The predicted octanol–water partition coefficient (Wildman–Crippen LogP) is 2.87. The van der Waals surface area contributed by atoms with Crippen molar-refractivity contribution in [1.82, 2.24) is 15.1 Å². The summed E-state index contributed by atoms with van der Waals surface area (Å²) in [5.74, 6) is -2.32. The van der Waals surface area contributed by atoms with Crippen molar-refractivity contribution >= 4 is 5.97 Å². The molecule has 0 atom stereocenters. The summed E-state index contributed by atoms with van der Waals surface area (Å²) in [5.41, 5.74) is -0.461. The number of nitrogens with zero attached hydrogens (tertiary/aromatic N) is 3. The fourth-order valence-corrected chi connectivity index (χ4v) is 1.59. The minimum atomic E-state index is -4.73. The molecular formula is C14H14F3N3O4. The number of carbonyl (C=O) groups is 1. The number of rotatable bonds is 4. The summed E-state index contributed by atoms with van der Waals surface area (Å²) < 4.78 is 51.7. The standard InChI is InChI=1S/C14H14F3N3O4/c1-13(2,3)23-10(21)7-22-9-6-8(4-5-18-9)11-19-12(24-20-11)14(15,16)17/h4-6H,7H2,1-3H3. The van der Waals surface area contributed by atoms with E-state index in [-0.39, 0.29) is 17.3 Å². The summed E-state index contributed by atoms with van der Waals surface area (Å²) in [6.45, 7) is 4.72. The van der Waals surface area contributed by atoms with Crippen LogP contribution in [0.4, 0.5) is 13.2 Å². The first-order valence-electron chi connectivity index (χ1n) is 6.76. The largest absolute Gasteiger partial charge is 0.471 e. The van der Waals surface area contributed by atoms with E-state index in [0.29, 0.717) is 0 Å². The highest BCUT2D eigenvalue weighted by atomic mass is 19.4. The third-order valence-electron chi connectivity index (χ3n) is 2.42. The van der Waals surface area contributed by atoms with Crippen molar-refractivity contribution < 1.29 is 32.0 Å². The van der Waals surface area contributed by atoms with E-state index in [1.54, 1.807) is 20.8 Å². The van der Waals surface area contributed by atoms with Crippen LogP contribution in [0.3, 0.4) is 0 Å². The molecule has 0 amide bonds. The molecule has 7 nitrogen and oxygen atoms in total. The zero-order valence-electron chi connectivity index (χ0n) is 13.0. The van der Waals surface area contributed by atoms with Gasteiger partial charge in [0.1, 0.15) is 5.60 Å². The van der Waals surface area contributed by atoms with E-state index in [2.05, 4.69) is 19.6 Å². The number of pyridine rings is 1. The SMILES string of the molecule is CC(C)(C)OC(=O)COc1cc(-c2noc(C(F)(F)F)n2)ccn1. The van der Waals surface area contributed by atoms with Gasteiger partial charge in [-0.1, -0.05) is 5.16 Å². The minimum absolute atomic E-state index is 0.0108. The molecule has 0 aliphatic carbocycles. The lowest BCUT2D eigenvalue weighted by molar-refractivity contribution is -0.159. The van der Waals surface area contributed by atoms with Crippen molar-refractivity contribution in [1.29, 1.82) is 0 Å². The number of halogens is 3. The molecule has 0 saturated heterocycles. The van der Waals surface area contributed by atoms with Gasteiger partial charge in [0.25, 0.3) is 0 Å². The Bertz CT molecular complexity index is 723. The smallest absolute Gasteiger partial charge is 0.466 e. The monoisotopic (exact) mass is 345 g/mol. The van der Waals surface area contributed by atoms with Gasteiger partial charge >= 0.3 is 18.0 Å². The highest BCUT2D eigenvalue weighted by molar-refractivity contribution is 5.71. The van der Waals surface area contributed by atoms with Gasteiger partial charge in [0, 0.05) is 17.8 Å². The van der Waals surface area contributed by atoms with E-state index in [1.165, 1.54) is 18.3 Å². The van der Waals surface area contributed by atoms with Crippen molar-refractivity contribution in [2.75, 3.05) is 6.61 Å². The van der Waals surface area contributed by atoms with E-state index < -0.39 is 30.2 Å². The first-order chi connectivity index (χ1) is 11.0. The topological polar surface area (TPSA) is 87.3 Å². The highest BCUT2D eigenvalue weighted by Gasteiger charge is 2.38. The van der Waals surface area contributed by atoms with E-state index in [9.17, 15) is 18.0 Å². The Morgan fingerprint density at radius 1 is 1.29 bits per heavy atom. The molecule has 0 aromatic carbocycles. The van der Waals surface area contributed by atoms with Gasteiger partial charge in [-0.25, -0.2) is 9.78 Å². The molecule has 2 heterocycles. The van der Waals surface area contributed by atoms with Crippen LogP contribution in [0.2, 0.25) is 0 Å². The van der Waals surface area contributed by atoms with Gasteiger partial charge in [-0.05, 0) is 26.8 Å². The summed E-state index contributed by atoms with van der Waals surface area (Å²) in [6.07, 6.45) is -3.45. The number of ether oxygens (including phenoxy) is 2. The second-order valence-corrected chi connectivity index (χ2v) is 5.68. The van der Waals surface area contributed by atoms with Crippen LogP contribution in [-0.4, -0.2) is 33.3 Å². The Kier molecular flexibility index (Phi) is 4.76. The van der Waals surface area contributed by atoms with Gasteiger partial charge in [0.15, 0.2) is 6.61 Å². The first-order valence-corrected chi connectivity index (χ1v) is 6.76. The van der Waals surface area contributed by atoms with E-state index >= 15 is 0 Å². The second-order valence-electron chi connectivity index (χ2n) is 5.68. The van der Waals surface area contributed by atoms with Gasteiger partial charge in [-0.2, -0.15) is 18.2 Å². The molecule has 2 rings (SSSR count). The van der Waals surface area contributed by atoms with Crippen LogP contribution < -0.4 is 4.74 Å². The number of aromatic nitrogens is 3. The fraction of sp³-hybridized carbons (Fsp3) is 0.429. The molecule has 2 aromatic rings. The zero-order valence-corrected chi connectivity index (χ0v) is 13.0. The van der Waals surface area contributed by atoms with Gasteiger partial charge in [-0.3, -0.25) is 0 Å². The fourth-order valence-electron chi connectivity index (χ4n) is 1.59. The third-order valence-corrected chi connectivity index (χ3v) is 2.42. The molecule has 0 aliphatic rings. The molecule has 0 radical (unpaired) electrons. The number of alkyl halides is 3. The van der Waals surface area contributed by atoms with Crippen molar-refractivity contribution in [2.45, 2.75) is 32.5 Å². The normalized spacial score (nSPS) is 12.1. The van der Waals surface area contributed by atoms with Crippen LogP contribution in [0, 0.1) is 0 Å². The molecule has 130 valence electrons. The number of carbonyl (C=O) groups excluding carboxylic acids is 1. The van der Waals surface area contributed by atoms with Crippen LogP contribution >= 0.6 is 0 Å². The lowest BCUT2D eigenvalue weighted by Crippen LogP contribution is -2.27. The van der Waals surface area contributed by atoms with Crippen LogP contribution in [0.15, 0.2) is 22.9 Å². The average Bonchev–Trinajstić information content (AvgIpc) is 2.93. The van der Waals surface area contributed by atoms with Crippen LogP contribution in [0.1, 0.15) is 26.7 Å². The van der Waals surface area contributed by atoms with Gasteiger partial charge in [0.05, 0.1) is 0 Å². The van der Waals surface area contributed by atoms with Gasteiger partial charge < -0.3 is 14.0 Å². The van der Waals surface area contributed by atoms with E-state index in [0.717, 1.165) is 0 Å². The molecule has 0 aliphatic heterocycles. The number of esters is 1. The molecule has 0 saturated carbocycles. The Labute approximate surface area is 134 Å². The van der Waals surface area contributed by atoms with Crippen molar-refractivity contribution in [2.24, 2.45) is 0 Å². The molecule has 10 heteroatoms. The van der Waals surface area contributed by atoms with Gasteiger partial charge in [-0.15, -0.1) is 0 Å². The highest BCUT2D eigenvalue weighted by Crippen LogP contribution is 2.29. The Hall–Kier alpha value is -2.65. The molecule has 0 bridgehead atoms. The lowest BCUT2D eigenvalue weighted by Gasteiger charge is -2.19. The molecule has 0 spiro atoms. The maximum atomic E-state index is 12.5. The Balaban J connectivity index is 2.07. The van der Waals surface area contributed by atoms with Crippen molar-refractivity contribution in [3.63, 3.8) is 0 Å². The average molecular weight is 345 g/mol. The van der Waals surface area contributed by atoms with Crippen molar-refractivity contribution in [3.05, 3.63) is 24.2 Å². The van der Waals surface area contributed by atoms with E-state index in [1.807, 2.05) is 0 Å². The maximum Gasteiger partial charge on any atom is 0.471 e. The number of hydrogen-bond acceptors (Lipinski definition) is 7. The van der Waals surface area contributed by atoms with Crippen LogP contribution in [0.5, 0.6) is 5.88 Å². The molecule has 2 aromatic heterocycles. The summed E-state index contributed by atoms with van der Waals surface area (Å²) in [5, 5.41) is 3.26. The van der Waals surface area contributed by atoms with Crippen molar-refractivity contribution in [3.8, 4) is 17.3 Å². The Morgan fingerprint density at radius 2 is 2.00 bits per heavy atom. The lowest BCUT2D eigenvalue weighted by atomic mass is 10.2. The molecule has 0 fully saturated rings. The quantitative estimate of drug-likeness (QED) is 0.787. The van der Waals surface area contributed by atoms with Gasteiger partial charge in [0.2, 0.25) is 11.7 Å². The molecule has 24 heavy (non-hydrogen) atoms. The minimum Gasteiger partial charge on any atom is -0.466 e. The van der Waals surface area contributed by atoms with Crippen LogP contribution in [-0.2, 0) is 15.7 Å². The number of hydrogen-bond donors (Lipinski definition) is 0. The summed E-state index contributed by atoms with van der Waals surface area (Å²) >= 11 is 0. The molecule has 0 N–H and O–H groups in total. The maximum absolute atomic E-state index is 12.5. The van der Waals surface area contributed by atoms with E-state index in [4.69, 9.17) is 9.47 Å². The Morgan fingerprint density at radius 3 is 2.58 bits per heavy atom. The summed E-state index contributed by atoms with van der Waals surface area (Å²) in [6, 6.07) is 2.67.